The second-order valence-corrected chi connectivity index (χ2v) is 3.03. The molecule has 3 nitrogen and oxygen atoms in total. The summed E-state index contributed by atoms with van der Waals surface area (Å²) >= 11 is 0. The molecule has 0 unspecified atom stereocenters. The van der Waals surface area contributed by atoms with Crippen molar-refractivity contribution in [3.05, 3.63) is 23.4 Å². The van der Waals surface area contributed by atoms with E-state index in [1.807, 2.05) is 0 Å². The Kier molecular flexibility index (Phi) is 3.52. The fraction of sp³-hybridized carbons (Fsp3) is 0.444. The number of hydrogen-bond donors (Lipinski definition) is 1. The lowest BCUT2D eigenvalue weighted by molar-refractivity contribution is -0.154. The van der Waals surface area contributed by atoms with Gasteiger partial charge >= 0.3 is 6.18 Å². The standard InChI is InChI=1S/C9H10F3NO2/c1-6-2-7(4-14)3-13-8(6)15-5-9(10,11)12/h2-3,14H,4-5H2,1H3. The fourth-order valence-corrected chi connectivity index (χ4v) is 1.01. The molecular weight excluding hydrogens is 211 g/mol. The second-order valence-electron chi connectivity index (χ2n) is 3.03. The average Bonchev–Trinajstić information content (AvgIpc) is 2.14. The molecule has 84 valence electrons. The molecule has 0 aliphatic rings. The summed E-state index contributed by atoms with van der Waals surface area (Å²) in [6.07, 6.45) is -3.09. The highest BCUT2D eigenvalue weighted by atomic mass is 19.4. The normalized spacial score (nSPS) is 11.5. The van der Waals surface area contributed by atoms with E-state index in [2.05, 4.69) is 9.72 Å². The summed E-state index contributed by atoms with van der Waals surface area (Å²) in [6.45, 7) is 0.00453. The van der Waals surface area contributed by atoms with Crippen molar-refractivity contribution in [1.29, 1.82) is 0 Å². The number of pyridine rings is 1. The third-order valence-corrected chi connectivity index (χ3v) is 1.64. The zero-order valence-corrected chi connectivity index (χ0v) is 8.01. The van der Waals surface area contributed by atoms with E-state index >= 15 is 0 Å². The highest BCUT2D eigenvalue weighted by Gasteiger charge is 2.28. The fourth-order valence-electron chi connectivity index (χ4n) is 1.01. The van der Waals surface area contributed by atoms with Gasteiger partial charge in [0.2, 0.25) is 5.88 Å². The number of alkyl halides is 3. The predicted molar refractivity (Wildman–Crippen MR) is 46.4 cm³/mol. The second kappa shape index (κ2) is 4.48. The first-order chi connectivity index (χ1) is 6.92. The van der Waals surface area contributed by atoms with Gasteiger partial charge < -0.3 is 9.84 Å². The maximum absolute atomic E-state index is 11.8. The topological polar surface area (TPSA) is 42.4 Å². The van der Waals surface area contributed by atoms with Gasteiger partial charge in [-0.15, -0.1) is 0 Å². The highest BCUT2D eigenvalue weighted by molar-refractivity contribution is 5.28. The summed E-state index contributed by atoms with van der Waals surface area (Å²) in [5.41, 5.74) is 0.998. The number of hydrogen-bond acceptors (Lipinski definition) is 3. The molecule has 0 aliphatic carbocycles. The summed E-state index contributed by atoms with van der Waals surface area (Å²) in [4.78, 5) is 3.67. The first kappa shape index (κ1) is 11.8. The van der Waals surface area contributed by atoms with E-state index in [4.69, 9.17) is 5.11 Å². The van der Waals surface area contributed by atoms with Crippen LogP contribution in [0.5, 0.6) is 5.88 Å². The van der Waals surface area contributed by atoms with Crippen molar-refractivity contribution in [2.24, 2.45) is 0 Å². The van der Waals surface area contributed by atoms with E-state index < -0.39 is 12.8 Å². The predicted octanol–water partition coefficient (Wildman–Crippen LogP) is 1.82. The van der Waals surface area contributed by atoms with Crippen molar-refractivity contribution < 1.29 is 23.0 Å². The Labute approximate surface area is 84.5 Å². The van der Waals surface area contributed by atoms with E-state index in [0.29, 0.717) is 11.1 Å². The van der Waals surface area contributed by atoms with Crippen LogP contribution in [0, 0.1) is 6.92 Å². The Morgan fingerprint density at radius 2 is 2.13 bits per heavy atom. The van der Waals surface area contributed by atoms with Crippen molar-refractivity contribution in [3.8, 4) is 5.88 Å². The van der Waals surface area contributed by atoms with Gasteiger partial charge in [-0.2, -0.15) is 13.2 Å². The van der Waals surface area contributed by atoms with Crippen LogP contribution in [0.4, 0.5) is 13.2 Å². The molecule has 0 spiro atoms. The lowest BCUT2D eigenvalue weighted by atomic mass is 10.2. The van der Waals surface area contributed by atoms with Crippen LogP contribution in [-0.2, 0) is 6.61 Å². The molecule has 0 atom stereocenters. The number of rotatable bonds is 3. The van der Waals surface area contributed by atoms with Crippen LogP contribution in [0.25, 0.3) is 0 Å². The monoisotopic (exact) mass is 221 g/mol. The number of aliphatic hydroxyl groups is 1. The Hall–Kier alpha value is -1.30. The third-order valence-electron chi connectivity index (χ3n) is 1.64. The average molecular weight is 221 g/mol. The smallest absolute Gasteiger partial charge is 0.422 e. The summed E-state index contributed by atoms with van der Waals surface area (Å²) in [5.74, 6) is -0.0653. The molecule has 0 radical (unpaired) electrons. The lowest BCUT2D eigenvalue weighted by Gasteiger charge is -2.10. The van der Waals surface area contributed by atoms with Gasteiger partial charge in [0.05, 0.1) is 6.61 Å². The zero-order chi connectivity index (χ0) is 11.5. The minimum atomic E-state index is -4.37. The molecule has 1 N–H and O–H groups in total. The van der Waals surface area contributed by atoms with Crippen LogP contribution in [-0.4, -0.2) is 22.9 Å². The van der Waals surface area contributed by atoms with E-state index in [1.54, 1.807) is 6.92 Å². The van der Waals surface area contributed by atoms with Gasteiger partial charge in [-0.05, 0) is 18.6 Å². The molecule has 1 aromatic rings. The van der Waals surface area contributed by atoms with Crippen molar-refractivity contribution in [2.75, 3.05) is 6.61 Å². The maximum atomic E-state index is 11.8. The highest BCUT2D eigenvalue weighted by Crippen LogP contribution is 2.20. The quantitative estimate of drug-likeness (QED) is 0.846. The number of nitrogens with zero attached hydrogens (tertiary/aromatic N) is 1. The molecular formula is C9H10F3NO2. The first-order valence-corrected chi connectivity index (χ1v) is 4.18. The number of aliphatic hydroxyl groups excluding tert-OH is 1. The largest absolute Gasteiger partial charge is 0.468 e. The molecule has 0 fully saturated rings. The molecule has 1 heterocycles. The number of ether oxygens (including phenoxy) is 1. The molecule has 0 saturated heterocycles. The molecule has 0 aliphatic heterocycles. The van der Waals surface area contributed by atoms with Crippen molar-refractivity contribution >= 4 is 0 Å². The Morgan fingerprint density at radius 1 is 1.47 bits per heavy atom. The summed E-state index contributed by atoms with van der Waals surface area (Å²) in [7, 11) is 0. The summed E-state index contributed by atoms with van der Waals surface area (Å²) < 4.78 is 40.0. The summed E-state index contributed by atoms with van der Waals surface area (Å²) in [5, 5.41) is 8.75. The van der Waals surface area contributed by atoms with E-state index in [1.165, 1.54) is 12.3 Å². The molecule has 1 aromatic heterocycles. The van der Waals surface area contributed by atoms with Crippen LogP contribution < -0.4 is 4.74 Å². The zero-order valence-electron chi connectivity index (χ0n) is 8.01. The van der Waals surface area contributed by atoms with Crippen LogP contribution in [0.15, 0.2) is 12.3 Å². The molecule has 0 amide bonds. The van der Waals surface area contributed by atoms with Gasteiger partial charge in [0.15, 0.2) is 6.61 Å². The molecule has 0 saturated carbocycles. The SMILES string of the molecule is Cc1cc(CO)cnc1OCC(F)(F)F. The Morgan fingerprint density at radius 3 is 2.60 bits per heavy atom. The van der Waals surface area contributed by atoms with Crippen LogP contribution >= 0.6 is 0 Å². The van der Waals surface area contributed by atoms with Crippen LogP contribution in [0.2, 0.25) is 0 Å². The van der Waals surface area contributed by atoms with Crippen LogP contribution in [0.3, 0.4) is 0 Å². The molecule has 0 aromatic carbocycles. The number of aryl methyl sites for hydroxylation is 1. The van der Waals surface area contributed by atoms with Gasteiger partial charge in [-0.25, -0.2) is 4.98 Å². The third kappa shape index (κ3) is 3.75. The number of aromatic nitrogens is 1. The first-order valence-electron chi connectivity index (χ1n) is 4.18. The Balaban J connectivity index is 2.70. The van der Waals surface area contributed by atoms with E-state index in [-0.39, 0.29) is 12.5 Å². The van der Waals surface area contributed by atoms with Gasteiger partial charge in [-0.1, -0.05) is 0 Å². The maximum Gasteiger partial charge on any atom is 0.422 e. The minimum absolute atomic E-state index is 0.0653. The van der Waals surface area contributed by atoms with Gasteiger partial charge in [-0.3, -0.25) is 0 Å². The van der Waals surface area contributed by atoms with Gasteiger partial charge in [0.25, 0.3) is 0 Å². The summed E-state index contributed by atoms with van der Waals surface area (Å²) in [6, 6.07) is 1.53. The molecule has 6 heteroatoms. The van der Waals surface area contributed by atoms with Crippen molar-refractivity contribution in [2.45, 2.75) is 19.7 Å². The lowest BCUT2D eigenvalue weighted by Crippen LogP contribution is -2.20. The van der Waals surface area contributed by atoms with Crippen molar-refractivity contribution in [3.63, 3.8) is 0 Å². The molecule has 0 bridgehead atoms. The van der Waals surface area contributed by atoms with Gasteiger partial charge in [0, 0.05) is 11.8 Å². The van der Waals surface area contributed by atoms with E-state index in [0.717, 1.165) is 0 Å². The Bertz CT molecular complexity index is 339. The van der Waals surface area contributed by atoms with Gasteiger partial charge in [0.1, 0.15) is 0 Å². The minimum Gasteiger partial charge on any atom is -0.468 e. The van der Waals surface area contributed by atoms with Crippen molar-refractivity contribution in [1.82, 2.24) is 4.98 Å². The number of halogens is 3. The van der Waals surface area contributed by atoms with Crippen LogP contribution in [0.1, 0.15) is 11.1 Å². The molecule has 15 heavy (non-hydrogen) atoms. The van der Waals surface area contributed by atoms with E-state index in [9.17, 15) is 13.2 Å². The molecule has 1 rings (SSSR count).